The number of esters is 1. The second kappa shape index (κ2) is 31.8. The minimum absolute atomic E-state index is 0.00121. The zero-order valence-corrected chi connectivity index (χ0v) is 20.1. The van der Waals surface area contributed by atoms with Gasteiger partial charge in [-0.05, 0) is 13.8 Å². The predicted octanol–water partition coefficient (Wildman–Crippen LogP) is 2.34. The average molecular weight is 438 g/mol. The number of Topliss-reactive ketones (excluding diaryl/α,β-unsaturated/α-hetero) is 2. The van der Waals surface area contributed by atoms with Crippen LogP contribution in [-0.2, 0) is 38.1 Å². The molecule has 0 saturated carbocycles. The molecule has 0 saturated heterocycles. The number of hydrogen-bond acceptors (Lipinski definition) is 8. The summed E-state index contributed by atoms with van der Waals surface area (Å²) in [5.41, 5.74) is 0. The highest BCUT2D eigenvalue weighted by Gasteiger charge is 2.03. The third-order valence-corrected chi connectivity index (χ3v) is 2.57. The van der Waals surface area contributed by atoms with Gasteiger partial charge in [0.2, 0.25) is 5.91 Å². The van der Waals surface area contributed by atoms with Crippen LogP contribution < -0.4 is 5.32 Å². The molecule has 0 heterocycles. The van der Waals surface area contributed by atoms with Crippen molar-refractivity contribution in [1.29, 1.82) is 0 Å². The van der Waals surface area contributed by atoms with E-state index in [-0.39, 0.29) is 42.9 Å². The molecule has 1 N–H and O–H groups in total. The molecule has 0 spiro atoms. The fraction of sp³-hybridized carbons (Fsp3) is 0.810. The van der Waals surface area contributed by atoms with Crippen LogP contribution in [0.15, 0.2) is 0 Å². The lowest BCUT2D eigenvalue weighted by atomic mass is 10.2. The van der Waals surface area contributed by atoms with Crippen molar-refractivity contribution in [2.75, 3.05) is 54.3 Å². The lowest BCUT2D eigenvalue weighted by Gasteiger charge is -2.01. The van der Waals surface area contributed by atoms with E-state index in [9.17, 15) is 19.2 Å². The van der Waals surface area contributed by atoms with E-state index in [0.29, 0.717) is 32.8 Å². The van der Waals surface area contributed by atoms with Gasteiger partial charge in [0.1, 0.15) is 18.2 Å². The van der Waals surface area contributed by atoms with Gasteiger partial charge in [-0.3, -0.25) is 14.4 Å². The molecule has 0 atom stereocenters. The van der Waals surface area contributed by atoms with Crippen LogP contribution in [0, 0.1) is 0 Å². The molecule has 0 aliphatic heterocycles. The number of ether oxygens (including phenoxy) is 4. The fourth-order valence-electron chi connectivity index (χ4n) is 1.16. The smallest absolute Gasteiger partial charge is 0.306 e. The summed E-state index contributed by atoms with van der Waals surface area (Å²) in [5, 5.41) is 2.58. The Kier molecular flexibility index (Phi) is 37.8. The zero-order valence-electron chi connectivity index (χ0n) is 20.1. The molecule has 0 aromatic carbocycles. The Morgan fingerprint density at radius 1 is 0.667 bits per heavy atom. The Balaban J connectivity index is -0.000000164. The van der Waals surface area contributed by atoms with Crippen LogP contribution in [0.5, 0.6) is 0 Å². The van der Waals surface area contributed by atoms with Crippen molar-refractivity contribution in [1.82, 2.24) is 5.32 Å². The second-order valence-electron chi connectivity index (χ2n) is 6.04. The number of amides is 1. The highest BCUT2D eigenvalue weighted by atomic mass is 16.6. The molecule has 0 fully saturated rings. The minimum atomic E-state index is -0.345. The highest BCUT2D eigenvalue weighted by Crippen LogP contribution is 1.93. The van der Waals surface area contributed by atoms with E-state index in [1.807, 2.05) is 0 Å². The van der Waals surface area contributed by atoms with Crippen molar-refractivity contribution >= 4 is 23.4 Å². The summed E-state index contributed by atoms with van der Waals surface area (Å²) in [5.74, 6) is -0.176. The molecule has 0 unspecified atom stereocenters. The van der Waals surface area contributed by atoms with Gasteiger partial charge in [-0.2, -0.15) is 0 Å². The summed E-state index contributed by atoms with van der Waals surface area (Å²) in [6.07, 6.45) is 2.21. The number of rotatable bonds is 12. The Morgan fingerprint density at radius 2 is 1.13 bits per heavy atom. The number of ketones is 2. The molecule has 0 aliphatic carbocycles. The van der Waals surface area contributed by atoms with Gasteiger partial charge in [-0.15, -0.1) is 0 Å². The third kappa shape index (κ3) is 56.2. The predicted molar refractivity (Wildman–Crippen MR) is 116 cm³/mol. The lowest BCUT2D eigenvalue weighted by Crippen LogP contribution is -2.23. The molecule has 30 heavy (non-hydrogen) atoms. The first-order valence-electron chi connectivity index (χ1n) is 9.98. The maximum absolute atomic E-state index is 10.8. The summed E-state index contributed by atoms with van der Waals surface area (Å²) < 4.78 is 18.7. The van der Waals surface area contributed by atoms with Crippen LogP contribution in [0.2, 0.25) is 0 Å². The van der Waals surface area contributed by atoms with Crippen LogP contribution in [0.3, 0.4) is 0 Å². The standard InChI is InChI=1S/C8H14O4.C5H11NO2.C5H10O2.C3H8/c1-7(9)3-4-8(10)12-6-5-11-2;1-5(7)6-3-4-8-2;1-5(6)3-4-7-2;1-3-2/h3-6H2,1-2H3;3-4H2,1-2H3,(H,6,7);3-4H2,1-2H3;3H2,1-2H3. The molecule has 9 heteroatoms. The van der Waals surface area contributed by atoms with Crippen molar-refractivity contribution in [3.8, 4) is 0 Å². The number of methoxy groups -OCH3 is 3. The Bertz CT molecular complexity index is 414. The van der Waals surface area contributed by atoms with E-state index < -0.39 is 0 Å². The van der Waals surface area contributed by atoms with Gasteiger partial charge in [0.15, 0.2) is 0 Å². The summed E-state index contributed by atoms with van der Waals surface area (Å²) in [4.78, 5) is 41.5. The van der Waals surface area contributed by atoms with E-state index in [2.05, 4.69) is 33.4 Å². The van der Waals surface area contributed by atoms with Crippen molar-refractivity contribution in [3.63, 3.8) is 0 Å². The van der Waals surface area contributed by atoms with Gasteiger partial charge in [0.25, 0.3) is 0 Å². The van der Waals surface area contributed by atoms with Crippen molar-refractivity contribution in [3.05, 3.63) is 0 Å². The molecule has 180 valence electrons. The Hall–Kier alpha value is -1.84. The highest BCUT2D eigenvalue weighted by molar-refractivity contribution is 5.80. The number of carbonyl (C=O) groups is 4. The zero-order chi connectivity index (χ0) is 24.2. The maximum Gasteiger partial charge on any atom is 0.306 e. The monoisotopic (exact) mass is 437 g/mol. The maximum atomic E-state index is 10.8. The number of hydrogen-bond donors (Lipinski definition) is 1. The van der Waals surface area contributed by atoms with Crippen molar-refractivity contribution < 1.29 is 38.1 Å². The summed E-state index contributed by atoms with van der Waals surface area (Å²) in [6.45, 7) is 11.1. The molecule has 0 radical (unpaired) electrons. The second-order valence-corrected chi connectivity index (χ2v) is 6.04. The minimum Gasteiger partial charge on any atom is -0.463 e. The van der Waals surface area contributed by atoms with Gasteiger partial charge in [-0.1, -0.05) is 20.3 Å². The van der Waals surface area contributed by atoms with Gasteiger partial charge in [0.05, 0.1) is 26.2 Å². The molecule has 9 nitrogen and oxygen atoms in total. The molecule has 0 aromatic heterocycles. The van der Waals surface area contributed by atoms with Crippen LogP contribution >= 0.6 is 0 Å². The largest absolute Gasteiger partial charge is 0.463 e. The Morgan fingerprint density at radius 3 is 1.47 bits per heavy atom. The third-order valence-electron chi connectivity index (χ3n) is 2.57. The summed E-state index contributed by atoms with van der Waals surface area (Å²) in [7, 11) is 4.72. The van der Waals surface area contributed by atoms with Crippen molar-refractivity contribution in [2.24, 2.45) is 0 Å². The number of carbonyl (C=O) groups excluding carboxylic acids is 4. The van der Waals surface area contributed by atoms with Crippen LogP contribution in [0.4, 0.5) is 0 Å². The van der Waals surface area contributed by atoms with E-state index >= 15 is 0 Å². The molecule has 1 amide bonds. The van der Waals surface area contributed by atoms with Gasteiger partial charge in [-0.25, -0.2) is 0 Å². The topological polar surface area (TPSA) is 117 Å². The first kappa shape index (κ1) is 35.6. The quantitative estimate of drug-likeness (QED) is 0.365. The molecule has 0 rings (SSSR count). The molecule has 0 aliphatic rings. The van der Waals surface area contributed by atoms with Gasteiger partial charge >= 0.3 is 5.97 Å². The van der Waals surface area contributed by atoms with E-state index in [4.69, 9.17) is 4.74 Å². The van der Waals surface area contributed by atoms with E-state index in [1.54, 1.807) is 21.1 Å². The van der Waals surface area contributed by atoms with Crippen LogP contribution in [0.25, 0.3) is 0 Å². The van der Waals surface area contributed by atoms with E-state index in [0.717, 1.165) is 0 Å². The normalized spacial score (nSPS) is 8.80. The molecule has 0 bridgehead atoms. The SMILES string of the molecule is CCC.COCCC(C)=O.COCCNC(C)=O.COCCOC(=O)CCC(C)=O. The van der Waals surface area contributed by atoms with E-state index in [1.165, 1.54) is 27.4 Å². The first-order valence-corrected chi connectivity index (χ1v) is 9.98. The van der Waals surface area contributed by atoms with Crippen LogP contribution in [-0.4, -0.2) is 77.7 Å². The Labute approximate surface area is 182 Å². The van der Waals surface area contributed by atoms with Gasteiger partial charge < -0.3 is 29.1 Å². The summed E-state index contributed by atoms with van der Waals surface area (Å²) >= 11 is 0. The summed E-state index contributed by atoms with van der Waals surface area (Å²) in [6, 6.07) is 0. The number of nitrogens with one attached hydrogen (secondary N) is 1. The van der Waals surface area contributed by atoms with Crippen molar-refractivity contribution in [2.45, 2.75) is 60.3 Å². The molecular formula is C21H43NO8. The molecule has 0 aromatic rings. The van der Waals surface area contributed by atoms with Gasteiger partial charge in [0, 0.05) is 47.6 Å². The molecular weight excluding hydrogens is 394 g/mol. The van der Waals surface area contributed by atoms with Crippen LogP contribution in [0.1, 0.15) is 60.3 Å². The lowest BCUT2D eigenvalue weighted by molar-refractivity contribution is -0.145. The fourth-order valence-corrected chi connectivity index (χ4v) is 1.16. The average Bonchev–Trinajstić information content (AvgIpc) is 2.66. The first-order chi connectivity index (χ1) is 14.1.